The van der Waals surface area contributed by atoms with E-state index >= 15 is 0 Å². The Balaban J connectivity index is 2.11. The summed E-state index contributed by atoms with van der Waals surface area (Å²) in [6, 6.07) is 11.4. The molecule has 3 nitrogen and oxygen atoms in total. The Labute approximate surface area is 104 Å². The molecule has 0 saturated carbocycles. The molecule has 0 amide bonds. The van der Waals surface area contributed by atoms with E-state index in [9.17, 15) is 0 Å². The number of benzene rings is 1. The summed E-state index contributed by atoms with van der Waals surface area (Å²) in [6.45, 7) is 0. The van der Waals surface area contributed by atoms with Crippen LogP contribution in [0, 0.1) is 11.3 Å². The average Bonchev–Trinajstić information content (AvgIpc) is 2.90. The van der Waals surface area contributed by atoms with Crippen LogP contribution in [0.4, 0.5) is 5.69 Å². The van der Waals surface area contributed by atoms with Crippen molar-refractivity contribution in [2.24, 2.45) is 0 Å². The lowest BCUT2D eigenvalue weighted by Crippen LogP contribution is -2.07. The Kier molecular flexibility index (Phi) is 3.63. The van der Waals surface area contributed by atoms with Crippen molar-refractivity contribution in [2.75, 3.05) is 12.4 Å². The number of hydrogen-bond acceptors (Lipinski definition) is 4. The fourth-order valence-corrected chi connectivity index (χ4v) is 2.17. The Morgan fingerprint density at radius 1 is 1.29 bits per heavy atom. The van der Waals surface area contributed by atoms with Gasteiger partial charge in [-0.05, 0) is 46.7 Å². The van der Waals surface area contributed by atoms with Crippen LogP contribution in [0.3, 0.4) is 0 Å². The molecule has 0 spiro atoms. The molecule has 2 aromatic rings. The van der Waals surface area contributed by atoms with Crippen molar-refractivity contribution in [3.63, 3.8) is 0 Å². The third-order valence-corrected chi connectivity index (χ3v) is 3.11. The maximum absolute atomic E-state index is 9.13. The smallest absolute Gasteiger partial charge is 0.141 e. The van der Waals surface area contributed by atoms with Gasteiger partial charge in [0.1, 0.15) is 11.8 Å². The highest BCUT2D eigenvalue weighted by molar-refractivity contribution is 7.08. The zero-order chi connectivity index (χ0) is 12.1. The number of nitrogens with zero attached hydrogens (tertiary/aromatic N) is 1. The van der Waals surface area contributed by atoms with E-state index in [1.807, 2.05) is 41.1 Å². The lowest BCUT2D eigenvalue weighted by Gasteiger charge is -2.11. The molecule has 4 heteroatoms. The average molecular weight is 244 g/mol. The van der Waals surface area contributed by atoms with E-state index in [2.05, 4.69) is 11.4 Å². The fraction of sp³-hybridized carbons (Fsp3) is 0.154. The third-order valence-electron chi connectivity index (χ3n) is 2.41. The molecule has 1 unspecified atom stereocenters. The number of ether oxygens (including phenoxy) is 1. The molecule has 0 saturated heterocycles. The number of nitriles is 1. The van der Waals surface area contributed by atoms with E-state index in [0.29, 0.717) is 0 Å². The highest BCUT2D eigenvalue weighted by Gasteiger charge is 2.10. The minimum Gasteiger partial charge on any atom is -0.497 e. The molecule has 0 aliphatic carbocycles. The van der Waals surface area contributed by atoms with Gasteiger partial charge in [0, 0.05) is 5.69 Å². The first kappa shape index (κ1) is 11.5. The second kappa shape index (κ2) is 5.37. The minimum atomic E-state index is -0.311. The normalized spacial score (nSPS) is 11.5. The molecule has 0 aliphatic heterocycles. The second-order valence-corrected chi connectivity index (χ2v) is 4.27. The van der Waals surface area contributed by atoms with E-state index < -0.39 is 0 Å². The predicted molar refractivity (Wildman–Crippen MR) is 69.3 cm³/mol. The first-order chi connectivity index (χ1) is 8.33. The summed E-state index contributed by atoms with van der Waals surface area (Å²) < 4.78 is 5.08. The topological polar surface area (TPSA) is 45.0 Å². The van der Waals surface area contributed by atoms with Crippen molar-refractivity contribution in [3.8, 4) is 11.8 Å². The molecule has 2 rings (SSSR count). The van der Waals surface area contributed by atoms with E-state index in [1.54, 1.807) is 18.4 Å². The highest BCUT2D eigenvalue weighted by atomic mass is 32.1. The van der Waals surface area contributed by atoms with Crippen molar-refractivity contribution < 1.29 is 4.74 Å². The van der Waals surface area contributed by atoms with Gasteiger partial charge in [0.2, 0.25) is 0 Å². The lowest BCUT2D eigenvalue weighted by molar-refractivity contribution is 0.415. The fourth-order valence-electron chi connectivity index (χ4n) is 1.48. The number of nitrogens with one attached hydrogen (secondary N) is 1. The van der Waals surface area contributed by atoms with Crippen LogP contribution in [-0.4, -0.2) is 7.11 Å². The molecule has 0 bridgehead atoms. The van der Waals surface area contributed by atoms with Gasteiger partial charge in [0.05, 0.1) is 13.2 Å². The molecule has 0 aliphatic rings. The van der Waals surface area contributed by atoms with E-state index in [4.69, 9.17) is 10.00 Å². The van der Waals surface area contributed by atoms with Gasteiger partial charge in [-0.1, -0.05) is 0 Å². The van der Waals surface area contributed by atoms with Crippen LogP contribution in [0.25, 0.3) is 0 Å². The van der Waals surface area contributed by atoms with Gasteiger partial charge in [-0.25, -0.2) is 0 Å². The molecule has 0 fully saturated rings. The van der Waals surface area contributed by atoms with Crippen molar-refractivity contribution in [3.05, 3.63) is 46.7 Å². The maximum atomic E-state index is 9.13. The molecular weight excluding hydrogens is 232 g/mol. The summed E-state index contributed by atoms with van der Waals surface area (Å²) in [5, 5.41) is 16.2. The number of hydrogen-bond donors (Lipinski definition) is 1. The molecule has 1 heterocycles. The molecule has 0 radical (unpaired) electrons. The summed E-state index contributed by atoms with van der Waals surface area (Å²) in [7, 11) is 1.63. The molecule has 1 aromatic heterocycles. The van der Waals surface area contributed by atoms with E-state index in [-0.39, 0.29) is 6.04 Å². The van der Waals surface area contributed by atoms with Gasteiger partial charge in [0.25, 0.3) is 0 Å². The Morgan fingerprint density at radius 2 is 2.06 bits per heavy atom. The van der Waals surface area contributed by atoms with Crippen molar-refractivity contribution in [2.45, 2.75) is 6.04 Å². The number of rotatable bonds is 4. The summed E-state index contributed by atoms with van der Waals surface area (Å²) in [5.74, 6) is 0.805. The highest BCUT2D eigenvalue weighted by Crippen LogP contribution is 2.22. The predicted octanol–water partition coefficient (Wildman–Crippen LogP) is 3.43. The SMILES string of the molecule is COc1ccc(NC(C#N)c2ccsc2)cc1. The molecular formula is C13H12N2OS. The summed E-state index contributed by atoms with van der Waals surface area (Å²) in [6.07, 6.45) is 0. The number of anilines is 1. The summed E-state index contributed by atoms with van der Waals surface area (Å²) in [4.78, 5) is 0. The summed E-state index contributed by atoms with van der Waals surface area (Å²) >= 11 is 1.59. The van der Waals surface area contributed by atoms with Gasteiger partial charge >= 0.3 is 0 Å². The maximum Gasteiger partial charge on any atom is 0.141 e. The van der Waals surface area contributed by atoms with Crippen LogP contribution in [0.1, 0.15) is 11.6 Å². The molecule has 1 N–H and O–H groups in total. The van der Waals surface area contributed by atoms with Crippen LogP contribution in [0.2, 0.25) is 0 Å². The van der Waals surface area contributed by atoms with Crippen LogP contribution in [-0.2, 0) is 0 Å². The molecule has 86 valence electrons. The number of thiophene rings is 1. The van der Waals surface area contributed by atoms with Gasteiger partial charge in [-0.2, -0.15) is 16.6 Å². The molecule has 17 heavy (non-hydrogen) atoms. The van der Waals surface area contributed by atoms with E-state index in [1.165, 1.54) is 0 Å². The minimum absolute atomic E-state index is 0.311. The lowest BCUT2D eigenvalue weighted by atomic mass is 10.1. The second-order valence-electron chi connectivity index (χ2n) is 3.49. The Morgan fingerprint density at radius 3 is 2.59 bits per heavy atom. The summed E-state index contributed by atoms with van der Waals surface area (Å²) in [5.41, 5.74) is 1.90. The van der Waals surface area contributed by atoms with Gasteiger partial charge in [-0.3, -0.25) is 0 Å². The first-order valence-corrected chi connectivity index (χ1v) is 6.10. The zero-order valence-corrected chi connectivity index (χ0v) is 10.2. The monoisotopic (exact) mass is 244 g/mol. The quantitative estimate of drug-likeness (QED) is 0.896. The van der Waals surface area contributed by atoms with Crippen LogP contribution in [0.5, 0.6) is 5.75 Å². The number of methoxy groups -OCH3 is 1. The van der Waals surface area contributed by atoms with E-state index in [0.717, 1.165) is 17.0 Å². The zero-order valence-electron chi connectivity index (χ0n) is 9.38. The Hall–Kier alpha value is -1.99. The van der Waals surface area contributed by atoms with Crippen molar-refractivity contribution in [1.29, 1.82) is 5.26 Å². The molecule has 1 aromatic carbocycles. The first-order valence-electron chi connectivity index (χ1n) is 5.16. The van der Waals surface area contributed by atoms with Crippen molar-refractivity contribution >= 4 is 17.0 Å². The van der Waals surface area contributed by atoms with Crippen molar-refractivity contribution in [1.82, 2.24) is 0 Å². The standard InChI is InChI=1S/C13H12N2OS/c1-16-12-4-2-11(3-5-12)15-13(8-14)10-6-7-17-9-10/h2-7,9,13,15H,1H3. The molecule has 1 atom stereocenters. The largest absolute Gasteiger partial charge is 0.497 e. The third kappa shape index (κ3) is 2.77. The van der Waals surface area contributed by atoms with Crippen LogP contribution >= 0.6 is 11.3 Å². The van der Waals surface area contributed by atoms with Crippen LogP contribution in [0.15, 0.2) is 41.1 Å². The van der Waals surface area contributed by atoms with Gasteiger partial charge in [0.15, 0.2) is 0 Å². The van der Waals surface area contributed by atoms with Gasteiger partial charge < -0.3 is 10.1 Å². The Bertz CT molecular complexity index is 499. The van der Waals surface area contributed by atoms with Gasteiger partial charge in [-0.15, -0.1) is 0 Å². The van der Waals surface area contributed by atoms with Crippen LogP contribution < -0.4 is 10.1 Å².